The lowest BCUT2D eigenvalue weighted by atomic mass is 10.1. The van der Waals surface area contributed by atoms with Gasteiger partial charge in [-0.2, -0.15) is 0 Å². The van der Waals surface area contributed by atoms with Crippen molar-refractivity contribution in [3.8, 4) is 5.75 Å². The van der Waals surface area contributed by atoms with Crippen LogP contribution in [0.25, 0.3) is 0 Å². The fourth-order valence-corrected chi connectivity index (χ4v) is 1.39. The molecular weight excluding hydrogens is 264 g/mol. The van der Waals surface area contributed by atoms with Crippen molar-refractivity contribution in [3.05, 3.63) is 29.8 Å². The van der Waals surface area contributed by atoms with Gasteiger partial charge < -0.3 is 14.6 Å². The summed E-state index contributed by atoms with van der Waals surface area (Å²) in [6, 6.07) is 6.91. The first-order valence-electron chi connectivity index (χ1n) is 5.91. The molecule has 0 fully saturated rings. The van der Waals surface area contributed by atoms with Crippen LogP contribution >= 0.6 is 0 Å². The second kappa shape index (κ2) is 7.78. The largest absolute Gasteiger partial charge is 0.550 e. The first-order valence-corrected chi connectivity index (χ1v) is 5.91. The van der Waals surface area contributed by atoms with Crippen molar-refractivity contribution in [2.75, 3.05) is 7.11 Å². The van der Waals surface area contributed by atoms with E-state index in [1.54, 1.807) is 31.4 Å². The fourth-order valence-electron chi connectivity index (χ4n) is 1.39. The van der Waals surface area contributed by atoms with E-state index in [1.165, 1.54) is 0 Å². The number of carboxylic acids is 1. The van der Waals surface area contributed by atoms with E-state index in [2.05, 4.69) is 10.9 Å². The molecule has 108 valence electrons. The van der Waals surface area contributed by atoms with Crippen molar-refractivity contribution in [3.63, 3.8) is 0 Å². The zero-order chi connectivity index (χ0) is 15.0. The number of hydrazine groups is 1. The number of aliphatic carboxylic acids is 1. The van der Waals surface area contributed by atoms with E-state index in [4.69, 9.17) is 4.74 Å². The maximum absolute atomic E-state index is 11.5. The summed E-state index contributed by atoms with van der Waals surface area (Å²) < 4.78 is 4.99. The van der Waals surface area contributed by atoms with Crippen molar-refractivity contribution in [2.45, 2.75) is 19.3 Å². The molecule has 20 heavy (non-hydrogen) atoms. The Bertz CT molecular complexity index is 484. The number of rotatable bonds is 6. The van der Waals surface area contributed by atoms with Crippen LogP contribution in [-0.2, 0) is 20.8 Å². The highest BCUT2D eigenvalue weighted by Gasteiger charge is 2.06. The Balaban J connectivity index is 2.32. The number of methoxy groups -OCH3 is 1. The molecule has 1 rings (SSSR count). The Hall–Kier alpha value is -2.57. The summed E-state index contributed by atoms with van der Waals surface area (Å²) in [6.45, 7) is 0. The summed E-state index contributed by atoms with van der Waals surface area (Å²) in [6.07, 6.45) is -0.546. The summed E-state index contributed by atoms with van der Waals surface area (Å²) >= 11 is 0. The number of carbonyl (C=O) groups is 3. The van der Waals surface area contributed by atoms with E-state index in [0.717, 1.165) is 5.56 Å². The van der Waals surface area contributed by atoms with Gasteiger partial charge in [0.25, 0.3) is 0 Å². The summed E-state index contributed by atoms with van der Waals surface area (Å²) in [7, 11) is 1.55. The minimum absolute atomic E-state index is 0.0881. The maximum atomic E-state index is 11.5. The van der Waals surface area contributed by atoms with Crippen LogP contribution in [0.3, 0.4) is 0 Å². The molecule has 0 aliphatic heterocycles. The van der Waals surface area contributed by atoms with E-state index in [0.29, 0.717) is 5.75 Å². The van der Waals surface area contributed by atoms with Crippen LogP contribution in [-0.4, -0.2) is 24.9 Å². The molecule has 0 unspecified atom stereocenters. The first-order chi connectivity index (χ1) is 9.51. The summed E-state index contributed by atoms with van der Waals surface area (Å²) in [4.78, 5) is 32.8. The van der Waals surface area contributed by atoms with Gasteiger partial charge in [-0.05, 0) is 24.1 Å². The average Bonchev–Trinajstić information content (AvgIpc) is 2.43. The van der Waals surface area contributed by atoms with Crippen molar-refractivity contribution in [1.82, 2.24) is 10.9 Å². The van der Waals surface area contributed by atoms with E-state index < -0.39 is 17.8 Å². The minimum atomic E-state index is -1.32. The summed E-state index contributed by atoms with van der Waals surface area (Å²) in [5.74, 6) is -1.62. The molecule has 0 aliphatic rings. The predicted molar refractivity (Wildman–Crippen MR) is 67.2 cm³/mol. The number of hydrogen-bond acceptors (Lipinski definition) is 5. The van der Waals surface area contributed by atoms with Crippen LogP contribution in [0.15, 0.2) is 24.3 Å². The van der Waals surface area contributed by atoms with Gasteiger partial charge in [-0.3, -0.25) is 20.4 Å². The van der Waals surface area contributed by atoms with Crippen molar-refractivity contribution < 1.29 is 24.2 Å². The highest BCUT2D eigenvalue weighted by molar-refractivity contribution is 5.84. The molecule has 2 amide bonds. The molecule has 1 aromatic carbocycles. The quantitative estimate of drug-likeness (QED) is 0.644. The molecule has 1 aromatic rings. The summed E-state index contributed by atoms with van der Waals surface area (Å²) in [5, 5.41) is 10.1. The zero-order valence-electron chi connectivity index (χ0n) is 11.0. The number of carboxylic acid groups (broad SMARTS) is 1. The number of hydrogen-bond donors (Lipinski definition) is 2. The molecule has 0 spiro atoms. The van der Waals surface area contributed by atoms with Crippen molar-refractivity contribution in [1.29, 1.82) is 0 Å². The maximum Gasteiger partial charge on any atom is 0.242 e. The Morgan fingerprint density at radius 2 is 1.65 bits per heavy atom. The van der Waals surface area contributed by atoms with Gasteiger partial charge in [-0.15, -0.1) is 0 Å². The molecule has 0 aliphatic carbocycles. The molecule has 0 saturated heterocycles. The van der Waals surface area contributed by atoms with Crippen molar-refractivity contribution >= 4 is 17.8 Å². The van der Waals surface area contributed by atoms with Gasteiger partial charge in [0.1, 0.15) is 5.75 Å². The second-order valence-corrected chi connectivity index (χ2v) is 3.99. The van der Waals surface area contributed by atoms with Crippen molar-refractivity contribution in [2.24, 2.45) is 0 Å². The molecule has 0 aromatic heterocycles. The zero-order valence-corrected chi connectivity index (χ0v) is 11.0. The highest BCUT2D eigenvalue weighted by Crippen LogP contribution is 2.11. The molecule has 7 nitrogen and oxygen atoms in total. The van der Waals surface area contributed by atoms with Crippen LogP contribution in [0.4, 0.5) is 0 Å². The molecule has 0 bridgehead atoms. The van der Waals surface area contributed by atoms with E-state index in [9.17, 15) is 19.5 Å². The van der Waals surface area contributed by atoms with Crippen LogP contribution in [0, 0.1) is 0 Å². The van der Waals surface area contributed by atoms with Gasteiger partial charge >= 0.3 is 0 Å². The summed E-state index contributed by atoms with van der Waals surface area (Å²) in [5.41, 5.74) is 5.08. The lowest BCUT2D eigenvalue weighted by molar-refractivity contribution is -0.305. The third-order valence-corrected chi connectivity index (χ3v) is 2.42. The smallest absolute Gasteiger partial charge is 0.242 e. The van der Waals surface area contributed by atoms with E-state index in [1.807, 2.05) is 0 Å². The van der Waals surface area contributed by atoms with Gasteiger partial charge in [0, 0.05) is 12.4 Å². The number of ether oxygens (including phenoxy) is 1. The first kappa shape index (κ1) is 15.5. The normalized spacial score (nSPS) is 9.65. The molecule has 0 saturated carbocycles. The predicted octanol–water partition coefficient (Wildman–Crippen LogP) is -1.08. The number of carbonyl (C=O) groups excluding carboxylic acids is 3. The average molecular weight is 279 g/mol. The highest BCUT2D eigenvalue weighted by atomic mass is 16.5. The molecule has 7 heteroatoms. The molecule has 0 radical (unpaired) electrons. The van der Waals surface area contributed by atoms with E-state index in [-0.39, 0.29) is 19.3 Å². The monoisotopic (exact) mass is 279 g/mol. The Kier molecular flexibility index (Phi) is 6.02. The van der Waals surface area contributed by atoms with Crippen LogP contribution in [0.1, 0.15) is 18.4 Å². The van der Waals surface area contributed by atoms with Gasteiger partial charge in [0.05, 0.1) is 13.5 Å². The third-order valence-electron chi connectivity index (χ3n) is 2.42. The fraction of sp³-hybridized carbons (Fsp3) is 0.308. The Morgan fingerprint density at radius 3 is 2.20 bits per heavy atom. The van der Waals surface area contributed by atoms with E-state index >= 15 is 0 Å². The molecule has 2 N–H and O–H groups in total. The number of nitrogens with one attached hydrogen (secondary N) is 2. The van der Waals surface area contributed by atoms with Gasteiger partial charge in [-0.1, -0.05) is 12.1 Å². The van der Waals surface area contributed by atoms with Gasteiger partial charge in [-0.25, -0.2) is 0 Å². The van der Waals surface area contributed by atoms with Gasteiger partial charge in [0.2, 0.25) is 11.8 Å². The number of amides is 2. The minimum Gasteiger partial charge on any atom is -0.550 e. The molecule has 0 heterocycles. The lowest BCUT2D eigenvalue weighted by Gasteiger charge is -2.08. The SMILES string of the molecule is COc1ccc(CC(=O)NNC(=O)CCC(=O)[O-])cc1. The Labute approximate surface area is 115 Å². The standard InChI is InChI=1S/C13H16N2O5/c1-20-10-4-2-9(3-5-10)8-12(17)15-14-11(16)6-7-13(18)19/h2-5H,6-8H2,1H3,(H,14,16)(H,15,17)(H,18,19)/p-1. The van der Waals surface area contributed by atoms with Crippen LogP contribution in [0.5, 0.6) is 5.75 Å². The third kappa shape index (κ3) is 5.85. The van der Waals surface area contributed by atoms with Gasteiger partial charge in [0.15, 0.2) is 0 Å². The second-order valence-electron chi connectivity index (χ2n) is 3.99. The number of benzene rings is 1. The molecule has 0 atom stereocenters. The Morgan fingerprint density at radius 1 is 1.05 bits per heavy atom. The van der Waals surface area contributed by atoms with Crippen LogP contribution in [0.2, 0.25) is 0 Å². The lowest BCUT2D eigenvalue weighted by Crippen LogP contribution is -2.42. The van der Waals surface area contributed by atoms with Crippen LogP contribution < -0.4 is 20.7 Å². The topological polar surface area (TPSA) is 108 Å². The molecular formula is C13H15N2O5-.